The Labute approximate surface area is 221 Å². The molecule has 38 heavy (non-hydrogen) atoms. The molecule has 0 aliphatic rings. The standard InChI is InChI=1S/C26H38N6O6/c1-25(2,3)38-19(33)15-36-12-6-7-17-8-10-18(11-9-17)26(4,16-27)32-22-20(29-24(32)34)21(28)30-23(31-22)37-14-13-35-5/h8-11H,6-7,12-16,27H2,1-5H3,(H,29,34)(H2,28,30,31). The van der Waals surface area contributed by atoms with Gasteiger partial charge in [-0.1, -0.05) is 24.3 Å². The van der Waals surface area contributed by atoms with Crippen molar-refractivity contribution >= 4 is 23.0 Å². The number of carbonyl (C=O) groups excluding carboxylic acids is 1. The van der Waals surface area contributed by atoms with Gasteiger partial charge in [0.1, 0.15) is 24.3 Å². The van der Waals surface area contributed by atoms with Crippen molar-refractivity contribution in [2.24, 2.45) is 5.73 Å². The maximum absolute atomic E-state index is 13.1. The van der Waals surface area contributed by atoms with Crippen molar-refractivity contribution in [3.8, 4) is 6.01 Å². The number of ether oxygens (including phenoxy) is 4. The van der Waals surface area contributed by atoms with Gasteiger partial charge in [-0.2, -0.15) is 9.97 Å². The number of H-pyrrole nitrogens is 1. The Kier molecular flexibility index (Phi) is 9.47. The fourth-order valence-corrected chi connectivity index (χ4v) is 4.00. The number of nitrogens with two attached hydrogens (primary N) is 2. The lowest BCUT2D eigenvalue weighted by atomic mass is 9.90. The van der Waals surface area contributed by atoms with E-state index in [0.29, 0.717) is 24.4 Å². The van der Waals surface area contributed by atoms with Crippen LogP contribution in [0.4, 0.5) is 5.82 Å². The molecule has 2 heterocycles. The molecule has 2 aromatic heterocycles. The SMILES string of the molecule is COCCOc1nc(N)c2[nH]c(=O)n(C(C)(CN)c3ccc(CCCOCC(=O)OC(C)(C)C)cc3)c2n1. The van der Waals surface area contributed by atoms with E-state index < -0.39 is 16.8 Å². The van der Waals surface area contributed by atoms with Crippen LogP contribution in [0.5, 0.6) is 6.01 Å². The average Bonchev–Trinajstić information content (AvgIpc) is 3.20. The summed E-state index contributed by atoms with van der Waals surface area (Å²) in [6.45, 7) is 8.39. The van der Waals surface area contributed by atoms with E-state index in [1.165, 1.54) is 4.57 Å². The number of nitrogens with zero attached hydrogens (tertiary/aromatic N) is 3. The Hall–Kier alpha value is -3.48. The third kappa shape index (κ3) is 7.09. The van der Waals surface area contributed by atoms with Crippen LogP contribution in [0.1, 0.15) is 45.2 Å². The summed E-state index contributed by atoms with van der Waals surface area (Å²) in [5.41, 5.74) is 13.0. The molecule has 0 aliphatic carbocycles. The molecule has 1 aromatic carbocycles. The second-order valence-electron chi connectivity index (χ2n) is 10.1. The first-order valence-electron chi connectivity index (χ1n) is 12.5. The molecule has 3 rings (SSSR count). The summed E-state index contributed by atoms with van der Waals surface area (Å²) < 4.78 is 22.7. The lowest BCUT2D eigenvalue weighted by Crippen LogP contribution is -2.44. The van der Waals surface area contributed by atoms with Crippen LogP contribution in [0.25, 0.3) is 11.2 Å². The topological polar surface area (TPSA) is 170 Å². The van der Waals surface area contributed by atoms with Crippen LogP contribution >= 0.6 is 0 Å². The number of anilines is 1. The van der Waals surface area contributed by atoms with E-state index in [9.17, 15) is 9.59 Å². The fourth-order valence-electron chi connectivity index (χ4n) is 4.00. The smallest absolute Gasteiger partial charge is 0.332 e. The number of methoxy groups -OCH3 is 1. The molecule has 12 heteroatoms. The van der Waals surface area contributed by atoms with Crippen molar-refractivity contribution < 1.29 is 23.7 Å². The largest absolute Gasteiger partial charge is 0.461 e. The first kappa shape index (κ1) is 29.1. The maximum Gasteiger partial charge on any atom is 0.332 e. The molecule has 0 fully saturated rings. The molecule has 0 amide bonds. The van der Waals surface area contributed by atoms with E-state index in [-0.39, 0.29) is 37.6 Å². The molecule has 12 nitrogen and oxygen atoms in total. The van der Waals surface area contributed by atoms with Gasteiger partial charge in [0.05, 0.1) is 12.1 Å². The minimum atomic E-state index is -0.922. The number of hydrogen-bond acceptors (Lipinski definition) is 10. The van der Waals surface area contributed by atoms with Crippen LogP contribution in [0.15, 0.2) is 29.1 Å². The first-order valence-corrected chi connectivity index (χ1v) is 12.5. The second kappa shape index (κ2) is 12.4. The number of imidazole rings is 1. The number of aromatic nitrogens is 4. The van der Waals surface area contributed by atoms with E-state index in [0.717, 1.165) is 24.0 Å². The highest BCUT2D eigenvalue weighted by atomic mass is 16.6. The molecular formula is C26H38N6O6. The van der Waals surface area contributed by atoms with Crippen LogP contribution in [0, 0.1) is 0 Å². The van der Waals surface area contributed by atoms with Crippen LogP contribution in [0.2, 0.25) is 0 Å². The van der Waals surface area contributed by atoms with Gasteiger partial charge >= 0.3 is 17.7 Å². The Bertz CT molecular complexity index is 1280. The Morgan fingerprint density at radius 1 is 1.08 bits per heavy atom. The predicted molar refractivity (Wildman–Crippen MR) is 143 cm³/mol. The van der Waals surface area contributed by atoms with E-state index >= 15 is 0 Å². The zero-order chi connectivity index (χ0) is 27.9. The zero-order valence-corrected chi connectivity index (χ0v) is 22.7. The molecule has 0 saturated heterocycles. The van der Waals surface area contributed by atoms with E-state index in [2.05, 4.69) is 15.0 Å². The Morgan fingerprint density at radius 3 is 2.42 bits per heavy atom. The molecule has 0 radical (unpaired) electrons. The number of hydrogen-bond donors (Lipinski definition) is 3. The fraction of sp³-hybridized carbons (Fsp3) is 0.538. The zero-order valence-electron chi connectivity index (χ0n) is 22.7. The minimum absolute atomic E-state index is 0.0448. The van der Waals surface area contributed by atoms with Crippen LogP contribution in [-0.4, -0.2) is 71.2 Å². The summed E-state index contributed by atoms with van der Waals surface area (Å²) in [6.07, 6.45) is 1.49. The predicted octanol–water partition coefficient (Wildman–Crippen LogP) is 1.74. The maximum atomic E-state index is 13.1. The average molecular weight is 531 g/mol. The molecule has 0 spiro atoms. The van der Waals surface area contributed by atoms with Crippen LogP contribution in [-0.2, 0) is 31.0 Å². The molecule has 0 saturated carbocycles. The van der Waals surface area contributed by atoms with Gasteiger partial charge in [-0.05, 0) is 51.7 Å². The molecular weight excluding hydrogens is 492 g/mol. The highest BCUT2D eigenvalue weighted by molar-refractivity contribution is 5.82. The number of nitrogen functional groups attached to an aromatic ring is 1. The van der Waals surface area contributed by atoms with Gasteiger partial charge in [0, 0.05) is 20.3 Å². The number of esters is 1. The van der Waals surface area contributed by atoms with Crippen molar-refractivity contribution in [2.75, 3.05) is 45.8 Å². The van der Waals surface area contributed by atoms with E-state index in [4.69, 9.17) is 30.4 Å². The monoisotopic (exact) mass is 530 g/mol. The highest BCUT2D eigenvalue weighted by Gasteiger charge is 2.32. The molecule has 1 atom stereocenters. The lowest BCUT2D eigenvalue weighted by molar-refractivity contribution is -0.160. The van der Waals surface area contributed by atoms with Gasteiger partial charge in [0.15, 0.2) is 11.5 Å². The van der Waals surface area contributed by atoms with E-state index in [1.807, 2.05) is 52.0 Å². The summed E-state index contributed by atoms with van der Waals surface area (Å²) in [5, 5.41) is 0. The van der Waals surface area contributed by atoms with Gasteiger partial charge in [-0.15, -0.1) is 0 Å². The molecule has 3 aromatic rings. The van der Waals surface area contributed by atoms with Crippen molar-refractivity contribution in [3.63, 3.8) is 0 Å². The number of rotatable bonds is 13. The lowest BCUT2D eigenvalue weighted by Gasteiger charge is -2.30. The highest BCUT2D eigenvalue weighted by Crippen LogP contribution is 2.29. The number of nitrogens with one attached hydrogen (secondary N) is 1. The number of aromatic amines is 1. The minimum Gasteiger partial charge on any atom is -0.461 e. The van der Waals surface area contributed by atoms with Gasteiger partial charge in [-0.3, -0.25) is 4.57 Å². The molecule has 1 unspecified atom stereocenters. The normalized spacial score (nSPS) is 13.4. The van der Waals surface area contributed by atoms with Crippen molar-refractivity contribution in [3.05, 3.63) is 45.9 Å². The van der Waals surface area contributed by atoms with Crippen LogP contribution < -0.4 is 21.9 Å². The number of benzene rings is 1. The summed E-state index contributed by atoms with van der Waals surface area (Å²) in [6, 6.07) is 7.90. The number of fused-ring (bicyclic) bond motifs is 1. The summed E-state index contributed by atoms with van der Waals surface area (Å²) in [7, 11) is 1.56. The quantitative estimate of drug-likeness (QED) is 0.218. The molecule has 0 bridgehead atoms. The number of carbonyl (C=O) groups is 1. The summed E-state index contributed by atoms with van der Waals surface area (Å²) >= 11 is 0. The Morgan fingerprint density at radius 2 is 1.79 bits per heavy atom. The third-order valence-electron chi connectivity index (χ3n) is 5.92. The summed E-state index contributed by atoms with van der Waals surface area (Å²) in [4.78, 5) is 36.1. The van der Waals surface area contributed by atoms with E-state index in [1.54, 1.807) is 7.11 Å². The van der Waals surface area contributed by atoms with Crippen molar-refractivity contribution in [2.45, 2.75) is 51.7 Å². The van der Waals surface area contributed by atoms with Crippen molar-refractivity contribution in [1.82, 2.24) is 19.5 Å². The third-order valence-corrected chi connectivity index (χ3v) is 5.92. The summed E-state index contributed by atoms with van der Waals surface area (Å²) in [5.74, 6) is -0.280. The van der Waals surface area contributed by atoms with Gasteiger partial charge in [-0.25, -0.2) is 9.59 Å². The van der Waals surface area contributed by atoms with Gasteiger partial charge in [0.25, 0.3) is 0 Å². The molecule has 208 valence electrons. The number of aryl methyl sites for hydroxylation is 1. The Balaban J connectivity index is 1.73. The first-order chi connectivity index (χ1) is 18.0. The molecule has 0 aliphatic heterocycles. The molecule has 5 N–H and O–H groups in total. The van der Waals surface area contributed by atoms with Crippen molar-refractivity contribution in [1.29, 1.82) is 0 Å². The van der Waals surface area contributed by atoms with Crippen LogP contribution in [0.3, 0.4) is 0 Å². The van der Waals surface area contributed by atoms with Gasteiger partial charge < -0.3 is 35.4 Å². The second-order valence-corrected chi connectivity index (χ2v) is 10.1. The van der Waals surface area contributed by atoms with Gasteiger partial charge in [0.2, 0.25) is 0 Å².